The Morgan fingerprint density at radius 1 is 1.30 bits per heavy atom. The second-order valence-corrected chi connectivity index (χ2v) is 5.75. The number of carboxylic acids is 1. The molecular weight excluding hydrogens is 252 g/mol. The van der Waals surface area contributed by atoms with E-state index in [0.717, 1.165) is 24.8 Å². The van der Waals surface area contributed by atoms with Gasteiger partial charge in [-0.1, -0.05) is 33.8 Å². The summed E-state index contributed by atoms with van der Waals surface area (Å²) in [4.78, 5) is 11.2. The van der Waals surface area contributed by atoms with Crippen molar-refractivity contribution in [3.05, 3.63) is 29.3 Å². The highest BCUT2D eigenvalue weighted by molar-refractivity contribution is 5.91. The van der Waals surface area contributed by atoms with Gasteiger partial charge in [0.05, 0.1) is 6.61 Å². The molecule has 0 amide bonds. The summed E-state index contributed by atoms with van der Waals surface area (Å²) in [6.07, 6.45) is 3.07. The third kappa shape index (κ3) is 4.87. The van der Waals surface area contributed by atoms with E-state index in [1.54, 1.807) is 6.07 Å². The Bertz CT molecular complexity index is 438. The predicted octanol–water partition coefficient (Wildman–Crippen LogP) is 4.71. The quantitative estimate of drug-likeness (QED) is 0.700. The van der Waals surface area contributed by atoms with Crippen LogP contribution in [-0.4, -0.2) is 17.7 Å². The molecule has 1 atom stereocenters. The van der Waals surface area contributed by atoms with Gasteiger partial charge in [-0.15, -0.1) is 0 Å². The number of carbonyl (C=O) groups is 1. The van der Waals surface area contributed by atoms with Crippen LogP contribution in [0.4, 0.5) is 0 Å². The van der Waals surface area contributed by atoms with E-state index in [-0.39, 0.29) is 5.56 Å². The van der Waals surface area contributed by atoms with Crippen LogP contribution in [-0.2, 0) is 0 Å². The van der Waals surface area contributed by atoms with E-state index in [0.29, 0.717) is 24.2 Å². The number of carboxylic acid groups (broad SMARTS) is 1. The number of benzene rings is 1. The minimum atomic E-state index is -0.931. The number of rotatable bonds is 8. The van der Waals surface area contributed by atoms with E-state index < -0.39 is 5.97 Å². The molecule has 0 heterocycles. The van der Waals surface area contributed by atoms with Crippen LogP contribution in [0, 0.1) is 5.92 Å². The van der Waals surface area contributed by atoms with Crippen LogP contribution in [0.5, 0.6) is 5.75 Å². The second-order valence-electron chi connectivity index (χ2n) is 5.75. The Balaban J connectivity index is 2.81. The smallest absolute Gasteiger partial charge is 0.339 e. The predicted molar refractivity (Wildman–Crippen MR) is 81.7 cm³/mol. The van der Waals surface area contributed by atoms with Crippen molar-refractivity contribution < 1.29 is 14.6 Å². The van der Waals surface area contributed by atoms with Crippen LogP contribution in [0.25, 0.3) is 0 Å². The molecule has 20 heavy (non-hydrogen) atoms. The molecule has 0 aliphatic carbocycles. The van der Waals surface area contributed by atoms with Crippen molar-refractivity contribution in [1.29, 1.82) is 0 Å². The van der Waals surface area contributed by atoms with Crippen LogP contribution in [0.2, 0.25) is 0 Å². The molecule has 0 bridgehead atoms. The van der Waals surface area contributed by atoms with Crippen LogP contribution in [0.15, 0.2) is 18.2 Å². The van der Waals surface area contributed by atoms with E-state index >= 15 is 0 Å². The third-order valence-electron chi connectivity index (χ3n) is 3.60. The maximum absolute atomic E-state index is 11.2. The Labute approximate surface area is 122 Å². The first-order chi connectivity index (χ1) is 9.45. The van der Waals surface area contributed by atoms with E-state index in [1.807, 2.05) is 12.1 Å². The molecule has 0 aliphatic rings. The Morgan fingerprint density at radius 3 is 2.55 bits per heavy atom. The fourth-order valence-electron chi connectivity index (χ4n) is 2.05. The Morgan fingerprint density at radius 2 is 2.00 bits per heavy atom. The van der Waals surface area contributed by atoms with E-state index in [1.165, 1.54) is 0 Å². The molecule has 3 nitrogen and oxygen atoms in total. The standard InChI is InChI=1S/C17H26O3/c1-5-13(4)14-8-9-15(17(18)19)16(11-14)20-10-6-7-12(2)3/h8-9,11-13H,5-7,10H2,1-4H3,(H,18,19). The van der Waals surface area contributed by atoms with E-state index in [9.17, 15) is 9.90 Å². The third-order valence-corrected chi connectivity index (χ3v) is 3.60. The normalized spacial score (nSPS) is 12.4. The minimum absolute atomic E-state index is 0.251. The molecule has 0 saturated heterocycles. The summed E-state index contributed by atoms with van der Waals surface area (Å²) >= 11 is 0. The van der Waals surface area contributed by atoms with Gasteiger partial charge in [0.1, 0.15) is 11.3 Å². The molecule has 112 valence electrons. The highest BCUT2D eigenvalue weighted by atomic mass is 16.5. The van der Waals surface area contributed by atoms with Crippen LogP contribution in [0.1, 0.15) is 68.8 Å². The molecule has 3 heteroatoms. The van der Waals surface area contributed by atoms with Crippen molar-refractivity contribution in [3.8, 4) is 5.75 Å². The lowest BCUT2D eigenvalue weighted by Gasteiger charge is -2.14. The largest absolute Gasteiger partial charge is 0.493 e. The summed E-state index contributed by atoms with van der Waals surface area (Å²) in [6.45, 7) is 9.18. The topological polar surface area (TPSA) is 46.5 Å². The van der Waals surface area contributed by atoms with Crippen molar-refractivity contribution in [1.82, 2.24) is 0 Å². The molecule has 0 aliphatic heterocycles. The molecule has 0 saturated carbocycles. The van der Waals surface area contributed by atoms with Crippen LogP contribution >= 0.6 is 0 Å². The van der Waals surface area contributed by atoms with Gasteiger partial charge in [0.25, 0.3) is 0 Å². The highest BCUT2D eigenvalue weighted by Crippen LogP contribution is 2.27. The zero-order valence-electron chi connectivity index (χ0n) is 13.0. The van der Waals surface area contributed by atoms with Gasteiger partial charge >= 0.3 is 5.97 Å². The number of ether oxygens (including phenoxy) is 1. The first kappa shape index (κ1) is 16.5. The molecule has 0 spiro atoms. The van der Waals surface area contributed by atoms with Crippen molar-refractivity contribution in [2.24, 2.45) is 5.92 Å². The molecule has 0 radical (unpaired) electrons. The van der Waals surface area contributed by atoms with Crippen LogP contribution < -0.4 is 4.74 Å². The summed E-state index contributed by atoms with van der Waals surface area (Å²) < 4.78 is 5.70. The molecule has 1 aromatic rings. The van der Waals surface area contributed by atoms with Gasteiger partial charge in [-0.2, -0.15) is 0 Å². The zero-order valence-corrected chi connectivity index (χ0v) is 13.0. The lowest BCUT2D eigenvalue weighted by Crippen LogP contribution is -2.06. The monoisotopic (exact) mass is 278 g/mol. The number of hydrogen-bond donors (Lipinski definition) is 1. The van der Waals surface area contributed by atoms with Crippen molar-refractivity contribution in [2.45, 2.75) is 52.9 Å². The fourth-order valence-corrected chi connectivity index (χ4v) is 2.05. The van der Waals surface area contributed by atoms with Gasteiger partial charge in [0, 0.05) is 0 Å². The van der Waals surface area contributed by atoms with E-state index in [2.05, 4.69) is 27.7 Å². The second kappa shape index (κ2) is 7.93. The SMILES string of the molecule is CCC(C)c1ccc(C(=O)O)c(OCCCC(C)C)c1. The molecule has 0 fully saturated rings. The number of aromatic carboxylic acids is 1. The molecule has 0 aromatic heterocycles. The fraction of sp³-hybridized carbons (Fsp3) is 0.588. The lowest BCUT2D eigenvalue weighted by atomic mass is 9.97. The van der Waals surface area contributed by atoms with Crippen LogP contribution in [0.3, 0.4) is 0 Å². The van der Waals surface area contributed by atoms with Gasteiger partial charge in [0.2, 0.25) is 0 Å². The molecule has 1 N–H and O–H groups in total. The molecule has 1 aromatic carbocycles. The number of hydrogen-bond acceptors (Lipinski definition) is 2. The van der Waals surface area contributed by atoms with Gasteiger partial charge < -0.3 is 9.84 Å². The maximum atomic E-state index is 11.2. The minimum Gasteiger partial charge on any atom is -0.493 e. The summed E-state index contributed by atoms with van der Waals surface area (Å²) in [5.74, 6) is 0.624. The molecule has 1 unspecified atom stereocenters. The molecule has 1 rings (SSSR count). The van der Waals surface area contributed by atoms with Gasteiger partial charge in [-0.25, -0.2) is 4.79 Å². The van der Waals surface area contributed by atoms with Crippen molar-refractivity contribution in [3.63, 3.8) is 0 Å². The summed E-state index contributed by atoms with van der Waals surface area (Å²) in [7, 11) is 0. The molecular formula is C17H26O3. The van der Waals surface area contributed by atoms with E-state index in [4.69, 9.17) is 4.74 Å². The Kier molecular flexibility index (Phi) is 6.56. The van der Waals surface area contributed by atoms with Gasteiger partial charge in [-0.05, 0) is 48.8 Å². The van der Waals surface area contributed by atoms with Crippen molar-refractivity contribution >= 4 is 5.97 Å². The lowest BCUT2D eigenvalue weighted by molar-refractivity contribution is 0.0692. The summed E-state index contributed by atoms with van der Waals surface area (Å²) in [5, 5.41) is 9.22. The first-order valence-electron chi connectivity index (χ1n) is 7.45. The average molecular weight is 278 g/mol. The average Bonchev–Trinajstić information content (AvgIpc) is 2.42. The van der Waals surface area contributed by atoms with Gasteiger partial charge in [0.15, 0.2) is 0 Å². The van der Waals surface area contributed by atoms with Crippen molar-refractivity contribution in [2.75, 3.05) is 6.61 Å². The zero-order chi connectivity index (χ0) is 15.1. The summed E-state index contributed by atoms with van der Waals surface area (Å²) in [5.41, 5.74) is 1.39. The Hall–Kier alpha value is -1.51. The highest BCUT2D eigenvalue weighted by Gasteiger charge is 2.14. The maximum Gasteiger partial charge on any atom is 0.339 e. The summed E-state index contributed by atoms with van der Waals surface area (Å²) in [6, 6.07) is 5.42. The van der Waals surface area contributed by atoms with Gasteiger partial charge in [-0.3, -0.25) is 0 Å². The first-order valence-corrected chi connectivity index (χ1v) is 7.45.